The number of hydrogen-bond donors (Lipinski definition) is 2. The third kappa shape index (κ3) is 4.04. The minimum Gasteiger partial charge on any atom is -0.368 e. The molecule has 1 heterocycles. The van der Waals surface area contributed by atoms with Gasteiger partial charge < -0.3 is 15.8 Å². The van der Waals surface area contributed by atoms with Gasteiger partial charge in [-0.1, -0.05) is 12.1 Å². The van der Waals surface area contributed by atoms with E-state index in [0.717, 1.165) is 12.0 Å². The van der Waals surface area contributed by atoms with Gasteiger partial charge in [0.1, 0.15) is 12.1 Å². The number of nitrogens with one attached hydrogen (secondary N) is 1. The Morgan fingerprint density at radius 3 is 2.67 bits per heavy atom. The van der Waals surface area contributed by atoms with E-state index in [2.05, 4.69) is 5.32 Å². The summed E-state index contributed by atoms with van der Waals surface area (Å²) in [5, 5.41) is 11.4. The molecule has 6 heteroatoms. The van der Waals surface area contributed by atoms with Gasteiger partial charge in [-0.05, 0) is 30.5 Å². The Hall–Kier alpha value is -2.39. The van der Waals surface area contributed by atoms with Gasteiger partial charge in [-0.2, -0.15) is 5.26 Å². The standard InChI is InChI=1S/C15H17N3O3/c16-9-11-5-3-10(4-6-11)8-12(14(17)19)18-15(20)13-2-1-7-21-13/h3-6,12-13H,1-2,7-8H2,(H2,17,19)(H,18,20)/t12-,13-/m0/s1. The highest BCUT2D eigenvalue weighted by Crippen LogP contribution is 2.13. The largest absolute Gasteiger partial charge is 0.368 e. The lowest BCUT2D eigenvalue weighted by molar-refractivity contribution is -0.133. The van der Waals surface area contributed by atoms with Crippen molar-refractivity contribution in [3.63, 3.8) is 0 Å². The fourth-order valence-corrected chi connectivity index (χ4v) is 2.22. The van der Waals surface area contributed by atoms with Crippen LogP contribution in [0.1, 0.15) is 24.0 Å². The van der Waals surface area contributed by atoms with E-state index < -0.39 is 18.1 Å². The van der Waals surface area contributed by atoms with E-state index in [9.17, 15) is 9.59 Å². The summed E-state index contributed by atoms with van der Waals surface area (Å²) in [6.07, 6.45) is 1.30. The minimum atomic E-state index is -0.783. The number of ether oxygens (including phenoxy) is 1. The molecule has 1 aromatic rings. The zero-order valence-corrected chi connectivity index (χ0v) is 11.5. The third-order valence-electron chi connectivity index (χ3n) is 3.40. The highest BCUT2D eigenvalue weighted by molar-refractivity contribution is 5.88. The molecular weight excluding hydrogens is 270 g/mol. The summed E-state index contributed by atoms with van der Waals surface area (Å²) >= 11 is 0. The monoisotopic (exact) mass is 287 g/mol. The first kappa shape index (κ1) is 15.0. The summed E-state index contributed by atoms with van der Waals surface area (Å²) in [4.78, 5) is 23.5. The molecule has 1 saturated heterocycles. The molecule has 0 bridgehead atoms. The summed E-state index contributed by atoms with van der Waals surface area (Å²) in [5.41, 5.74) is 6.70. The SMILES string of the molecule is N#Cc1ccc(C[C@H](NC(=O)[C@@H]2CCCO2)C(N)=O)cc1. The number of carbonyl (C=O) groups excluding carboxylic acids is 2. The Morgan fingerprint density at radius 1 is 1.43 bits per heavy atom. The van der Waals surface area contributed by atoms with E-state index in [1.165, 1.54) is 0 Å². The molecule has 2 amide bonds. The predicted molar refractivity (Wildman–Crippen MR) is 75.0 cm³/mol. The van der Waals surface area contributed by atoms with Crippen molar-refractivity contribution in [1.82, 2.24) is 5.32 Å². The average Bonchev–Trinajstić information content (AvgIpc) is 3.01. The highest BCUT2D eigenvalue weighted by Gasteiger charge is 2.27. The molecule has 1 aromatic carbocycles. The van der Waals surface area contributed by atoms with Gasteiger partial charge in [0.25, 0.3) is 0 Å². The van der Waals surface area contributed by atoms with Crippen LogP contribution in [0, 0.1) is 11.3 Å². The molecule has 21 heavy (non-hydrogen) atoms. The topological polar surface area (TPSA) is 105 Å². The lowest BCUT2D eigenvalue weighted by Gasteiger charge is -2.18. The number of nitrogens with two attached hydrogens (primary N) is 1. The van der Waals surface area contributed by atoms with Crippen LogP contribution in [0.3, 0.4) is 0 Å². The van der Waals surface area contributed by atoms with Crippen LogP contribution in [0.15, 0.2) is 24.3 Å². The number of hydrogen-bond acceptors (Lipinski definition) is 4. The van der Waals surface area contributed by atoms with Gasteiger partial charge in [0.05, 0.1) is 11.6 Å². The Morgan fingerprint density at radius 2 is 2.14 bits per heavy atom. The van der Waals surface area contributed by atoms with Gasteiger partial charge in [0.15, 0.2) is 0 Å². The van der Waals surface area contributed by atoms with Crippen molar-refractivity contribution < 1.29 is 14.3 Å². The Balaban J connectivity index is 1.99. The second kappa shape index (κ2) is 6.86. The molecule has 2 atom stereocenters. The number of nitrogens with zero attached hydrogens (tertiary/aromatic N) is 1. The van der Waals surface area contributed by atoms with Crippen LogP contribution in [0.4, 0.5) is 0 Å². The molecule has 3 N–H and O–H groups in total. The van der Waals surface area contributed by atoms with Crippen LogP contribution in [-0.2, 0) is 20.7 Å². The van der Waals surface area contributed by atoms with E-state index in [1.54, 1.807) is 24.3 Å². The van der Waals surface area contributed by atoms with Crippen LogP contribution < -0.4 is 11.1 Å². The lowest BCUT2D eigenvalue weighted by atomic mass is 10.0. The van der Waals surface area contributed by atoms with Crippen molar-refractivity contribution in [3.8, 4) is 6.07 Å². The first-order valence-corrected chi connectivity index (χ1v) is 6.80. The summed E-state index contributed by atoms with van der Waals surface area (Å²) in [6, 6.07) is 8.05. The van der Waals surface area contributed by atoms with Gasteiger partial charge in [0.2, 0.25) is 11.8 Å². The van der Waals surface area contributed by atoms with Gasteiger partial charge in [-0.3, -0.25) is 9.59 Å². The van der Waals surface area contributed by atoms with Crippen LogP contribution in [0.5, 0.6) is 0 Å². The second-order valence-electron chi connectivity index (χ2n) is 4.98. The molecule has 1 aliphatic heterocycles. The molecule has 0 saturated carbocycles. The molecule has 0 aromatic heterocycles. The van der Waals surface area contributed by atoms with Crippen molar-refractivity contribution in [2.24, 2.45) is 5.73 Å². The van der Waals surface area contributed by atoms with Crippen molar-refractivity contribution in [1.29, 1.82) is 5.26 Å². The maximum absolute atomic E-state index is 12.0. The molecule has 1 aliphatic rings. The van der Waals surface area contributed by atoms with Gasteiger partial charge in [-0.15, -0.1) is 0 Å². The molecule has 0 spiro atoms. The number of rotatable bonds is 5. The van der Waals surface area contributed by atoms with Crippen LogP contribution >= 0.6 is 0 Å². The molecule has 6 nitrogen and oxygen atoms in total. The summed E-state index contributed by atoms with van der Waals surface area (Å²) in [7, 11) is 0. The molecule has 2 rings (SSSR count). The zero-order chi connectivity index (χ0) is 15.2. The van der Waals surface area contributed by atoms with Gasteiger partial charge in [-0.25, -0.2) is 0 Å². The Bertz CT molecular complexity index is 557. The average molecular weight is 287 g/mol. The second-order valence-corrected chi connectivity index (χ2v) is 4.98. The van der Waals surface area contributed by atoms with Crippen molar-refractivity contribution >= 4 is 11.8 Å². The number of carbonyl (C=O) groups is 2. The number of benzene rings is 1. The van der Waals surface area contributed by atoms with E-state index in [-0.39, 0.29) is 5.91 Å². The molecule has 0 aliphatic carbocycles. The maximum atomic E-state index is 12.0. The third-order valence-corrected chi connectivity index (χ3v) is 3.40. The van der Waals surface area contributed by atoms with Crippen molar-refractivity contribution in [3.05, 3.63) is 35.4 Å². The van der Waals surface area contributed by atoms with E-state index >= 15 is 0 Å². The smallest absolute Gasteiger partial charge is 0.249 e. The Labute approximate surface area is 122 Å². The number of primary amides is 1. The first-order valence-electron chi connectivity index (χ1n) is 6.80. The molecule has 1 fully saturated rings. The maximum Gasteiger partial charge on any atom is 0.249 e. The summed E-state index contributed by atoms with van der Waals surface area (Å²) in [5.74, 6) is -0.893. The molecular formula is C15H17N3O3. The van der Waals surface area contributed by atoms with Crippen LogP contribution in [-0.4, -0.2) is 30.6 Å². The van der Waals surface area contributed by atoms with Gasteiger partial charge in [0, 0.05) is 13.0 Å². The van der Waals surface area contributed by atoms with E-state index in [0.29, 0.717) is 25.0 Å². The highest BCUT2D eigenvalue weighted by atomic mass is 16.5. The predicted octanol–water partition coefficient (Wildman–Crippen LogP) is 0.250. The molecule has 110 valence electrons. The van der Waals surface area contributed by atoms with E-state index in [1.807, 2.05) is 6.07 Å². The quantitative estimate of drug-likeness (QED) is 0.809. The van der Waals surface area contributed by atoms with Crippen molar-refractivity contribution in [2.45, 2.75) is 31.4 Å². The van der Waals surface area contributed by atoms with Crippen LogP contribution in [0.2, 0.25) is 0 Å². The molecule has 0 unspecified atom stereocenters. The lowest BCUT2D eigenvalue weighted by Crippen LogP contribution is -2.49. The van der Waals surface area contributed by atoms with Crippen LogP contribution in [0.25, 0.3) is 0 Å². The van der Waals surface area contributed by atoms with E-state index in [4.69, 9.17) is 15.7 Å². The minimum absolute atomic E-state index is 0.291. The van der Waals surface area contributed by atoms with Gasteiger partial charge >= 0.3 is 0 Å². The summed E-state index contributed by atoms with van der Waals surface area (Å²) in [6.45, 7) is 0.564. The fraction of sp³-hybridized carbons (Fsp3) is 0.400. The fourth-order valence-electron chi connectivity index (χ4n) is 2.22. The van der Waals surface area contributed by atoms with Crippen molar-refractivity contribution in [2.75, 3.05) is 6.61 Å². The molecule has 0 radical (unpaired) electrons. The zero-order valence-electron chi connectivity index (χ0n) is 11.5. The number of amides is 2. The Kier molecular flexibility index (Phi) is 4.90. The first-order chi connectivity index (χ1) is 10.1. The number of nitriles is 1. The summed E-state index contributed by atoms with van der Waals surface area (Å²) < 4.78 is 5.28. The normalized spacial score (nSPS) is 18.7.